The monoisotopic (exact) mass is 333 g/mol. The minimum Gasteiger partial charge on any atom is -0.493 e. The Morgan fingerprint density at radius 2 is 1.79 bits per heavy atom. The van der Waals surface area contributed by atoms with Crippen LogP contribution in [-0.4, -0.2) is 43.9 Å². The van der Waals surface area contributed by atoms with Crippen molar-refractivity contribution in [2.45, 2.75) is 39.0 Å². The van der Waals surface area contributed by atoms with Crippen LogP contribution in [0.5, 0.6) is 11.5 Å². The van der Waals surface area contributed by atoms with Crippen LogP contribution in [-0.2, 0) is 16.0 Å². The summed E-state index contributed by atoms with van der Waals surface area (Å²) in [4.78, 5) is 26.0. The second kappa shape index (κ2) is 8.71. The van der Waals surface area contributed by atoms with Crippen molar-refractivity contribution in [3.63, 3.8) is 0 Å². The van der Waals surface area contributed by atoms with Crippen LogP contribution in [0.3, 0.4) is 0 Å². The predicted molar refractivity (Wildman–Crippen MR) is 92.5 cm³/mol. The molecule has 0 N–H and O–H groups in total. The van der Waals surface area contributed by atoms with Gasteiger partial charge in [0.25, 0.3) is 0 Å². The van der Waals surface area contributed by atoms with E-state index in [0.717, 1.165) is 18.4 Å². The number of hydrogen-bond acceptors (Lipinski definition) is 4. The predicted octanol–water partition coefficient (Wildman–Crippen LogP) is 2.85. The van der Waals surface area contributed by atoms with Crippen LogP contribution in [0.25, 0.3) is 0 Å². The number of Topliss-reactive ketones (excluding diaryl/α,β-unsaturated/α-hetero) is 1. The van der Waals surface area contributed by atoms with E-state index in [1.807, 2.05) is 30.0 Å². The first-order chi connectivity index (χ1) is 11.6. The van der Waals surface area contributed by atoms with Gasteiger partial charge in [0, 0.05) is 31.8 Å². The molecule has 1 saturated heterocycles. The number of likely N-dealkylation sites (tertiary alicyclic amines) is 1. The van der Waals surface area contributed by atoms with Crippen molar-refractivity contribution in [2.24, 2.45) is 5.92 Å². The molecule has 1 amide bonds. The van der Waals surface area contributed by atoms with Crippen LogP contribution in [0.4, 0.5) is 0 Å². The first-order valence-corrected chi connectivity index (χ1v) is 8.60. The molecule has 0 saturated carbocycles. The molecule has 0 atom stereocenters. The second-order valence-electron chi connectivity index (χ2n) is 6.16. The van der Waals surface area contributed by atoms with Gasteiger partial charge in [0.05, 0.1) is 14.2 Å². The maximum absolute atomic E-state index is 12.4. The number of piperidine rings is 1. The molecule has 1 aliphatic heterocycles. The van der Waals surface area contributed by atoms with Gasteiger partial charge in [0.2, 0.25) is 5.91 Å². The summed E-state index contributed by atoms with van der Waals surface area (Å²) in [5.74, 6) is 2.00. The highest BCUT2D eigenvalue weighted by Crippen LogP contribution is 2.28. The Balaban J connectivity index is 1.84. The summed E-state index contributed by atoms with van der Waals surface area (Å²) in [6, 6.07) is 5.74. The number of methoxy groups -OCH3 is 2. The zero-order valence-corrected chi connectivity index (χ0v) is 14.8. The SMILES string of the molecule is CCC(=O)C1CCN(C(=O)CCc2ccc(OC)c(OC)c2)CC1. The fourth-order valence-corrected chi connectivity index (χ4v) is 3.19. The van der Waals surface area contributed by atoms with Gasteiger partial charge in [0.1, 0.15) is 5.78 Å². The van der Waals surface area contributed by atoms with E-state index in [1.54, 1.807) is 14.2 Å². The smallest absolute Gasteiger partial charge is 0.222 e. The highest BCUT2D eigenvalue weighted by atomic mass is 16.5. The Bertz CT molecular complexity index is 577. The van der Waals surface area contributed by atoms with Crippen molar-refractivity contribution in [1.29, 1.82) is 0 Å². The third kappa shape index (κ3) is 4.49. The Morgan fingerprint density at radius 1 is 1.12 bits per heavy atom. The molecular formula is C19H27NO4. The Kier molecular flexibility index (Phi) is 6.64. The van der Waals surface area contributed by atoms with Gasteiger partial charge >= 0.3 is 0 Å². The molecule has 1 fully saturated rings. The third-order valence-corrected chi connectivity index (χ3v) is 4.73. The Hall–Kier alpha value is -2.04. The molecule has 2 rings (SSSR count). The minimum absolute atomic E-state index is 0.143. The lowest BCUT2D eigenvalue weighted by Gasteiger charge is -2.31. The number of ketones is 1. The topological polar surface area (TPSA) is 55.8 Å². The summed E-state index contributed by atoms with van der Waals surface area (Å²) in [5, 5.41) is 0. The summed E-state index contributed by atoms with van der Waals surface area (Å²) >= 11 is 0. The fraction of sp³-hybridized carbons (Fsp3) is 0.579. The van der Waals surface area contributed by atoms with Gasteiger partial charge in [-0.2, -0.15) is 0 Å². The van der Waals surface area contributed by atoms with Crippen LogP contribution < -0.4 is 9.47 Å². The molecule has 0 unspecified atom stereocenters. The van der Waals surface area contributed by atoms with Gasteiger partial charge in [-0.15, -0.1) is 0 Å². The first kappa shape index (κ1) is 18.3. The van der Waals surface area contributed by atoms with Crippen LogP contribution in [0.2, 0.25) is 0 Å². The van der Waals surface area contributed by atoms with Crippen molar-refractivity contribution in [1.82, 2.24) is 4.90 Å². The van der Waals surface area contributed by atoms with Crippen LogP contribution in [0, 0.1) is 5.92 Å². The van der Waals surface area contributed by atoms with E-state index in [9.17, 15) is 9.59 Å². The first-order valence-electron chi connectivity index (χ1n) is 8.60. The Labute approximate surface area is 143 Å². The Morgan fingerprint density at radius 3 is 2.38 bits per heavy atom. The highest BCUT2D eigenvalue weighted by Gasteiger charge is 2.26. The van der Waals surface area contributed by atoms with Gasteiger partial charge < -0.3 is 14.4 Å². The highest BCUT2D eigenvalue weighted by molar-refractivity contribution is 5.81. The number of nitrogens with zero attached hydrogens (tertiary/aromatic N) is 1. The van der Waals surface area contributed by atoms with Gasteiger partial charge in [0.15, 0.2) is 11.5 Å². The molecule has 0 aromatic heterocycles. The van der Waals surface area contributed by atoms with Crippen molar-refractivity contribution in [2.75, 3.05) is 27.3 Å². The molecule has 0 spiro atoms. The van der Waals surface area contributed by atoms with E-state index >= 15 is 0 Å². The van der Waals surface area contributed by atoms with Crippen LogP contribution >= 0.6 is 0 Å². The van der Waals surface area contributed by atoms with E-state index in [4.69, 9.17) is 9.47 Å². The number of carbonyl (C=O) groups excluding carboxylic acids is 2. The molecule has 0 bridgehead atoms. The number of hydrogen-bond donors (Lipinski definition) is 0. The van der Waals surface area contributed by atoms with Gasteiger partial charge in [-0.05, 0) is 37.0 Å². The molecule has 5 nitrogen and oxygen atoms in total. The number of rotatable bonds is 7. The quantitative estimate of drug-likeness (QED) is 0.770. The summed E-state index contributed by atoms with van der Waals surface area (Å²) in [7, 11) is 3.21. The molecular weight excluding hydrogens is 306 g/mol. The lowest BCUT2D eigenvalue weighted by molar-refractivity contribution is -0.135. The zero-order chi connectivity index (χ0) is 17.5. The number of ether oxygens (including phenoxy) is 2. The lowest BCUT2D eigenvalue weighted by atomic mass is 9.91. The van der Waals surface area contributed by atoms with Gasteiger partial charge in [-0.3, -0.25) is 9.59 Å². The molecule has 0 radical (unpaired) electrons. The molecule has 132 valence electrons. The van der Waals surface area contributed by atoms with E-state index in [0.29, 0.717) is 49.6 Å². The normalized spacial score (nSPS) is 15.2. The number of amides is 1. The summed E-state index contributed by atoms with van der Waals surface area (Å²) < 4.78 is 10.5. The van der Waals surface area contributed by atoms with E-state index < -0.39 is 0 Å². The third-order valence-electron chi connectivity index (χ3n) is 4.73. The molecule has 1 aromatic carbocycles. The molecule has 24 heavy (non-hydrogen) atoms. The average molecular weight is 333 g/mol. The van der Waals surface area contributed by atoms with Crippen LogP contribution in [0.15, 0.2) is 18.2 Å². The second-order valence-corrected chi connectivity index (χ2v) is 6.16. The minimum atomic E-state index is 0.143. The van der Waals surface area contributed by atoms with E-state index in [-0.39, 0.29) is 11.8 Å². The molecule has 1 heterocycles. The van der Waals surface area contributed by atoms with Gasteiger partial charge in [-0.1, -0.05) is 13.0 Å². The molecule has 1 aliphatic rings. The summed E-state index contributed by atoms with van der Waals surface area (Å²) in [5.41, 5.74) is 1.05. The molecule has 1 aromatic rings. The number of benzene rings is 1. The standard InChI is InChI=1S/C19H27NO4/c1-4-16(21)15-9-11-20(12-10-15)19(22)8-6-14-5-7-17(23-2)18(13-14)24-3/h5,7,13,15H,4,6,8-12H2,1-3H3. The van der Waals surface area contributed by atoms with Crippen LogP contribution in [0.1, 0.15) is 38.2 Å². The average Bonchev–Trinajstić information content (AvgIpc) is 2.65. The maximum Gasteiger partial charge on any atom is 0.222 e. The molecule has 5 heteroatoms. The summed E-state index contributed by atoms with van der Waals surface area (Å²) in [6.45, 7) is 3.30. The van der Waals surface area contributed by atoms with Crippen molar-refractivity contribution < 1.29 is 19.1 Å². The summed E-state index contributed by atoms with van der Waals surface area (Å²) in [6.07, 6.45) is 3.34. The van der Waals surface area contributed by atoms with Gasteiger partial charge in [-0.25, -0.2) is 0 Å². The van der Waals surface area contributed by atoms with Crippen molar-refractivity contribution >= 4 is 11.7 Å². The van der Waals surface area contributed by atoms with Crippen molar-refractivity contribution in [3.05, 3.63) is 23.8 Å². The van der Waals surface area contributed by atoms with E-state index in [1.165, 1.54) is 0 Å². The lowest BCUT2D eigenvalue weighted by Crippen LogP contribution is -2.40. The molecule has 0 aliphatic carbocycles. The zero-order valence-electron chi connectivity index (χ0n) is 14.8. The maximum atomic E-state index is 12.4. The van der Waals surface area contributed by atoms with Crippen molar-refractivity contribution in [3.8, 4) is 11.5 Å². The number of carbonyl (C=O) groups is 2. The number of aryl methyl sites for hydroxylation is 1. The largest absolute Gasteiger partial charge is 0.493 e. The van der Waals surface area contributed by atoms with E-state index in [2.05, 4.69) is 0 Å². The fourth-order valence-electron chi connectivity index (χ4n) is 3.19.